The summed E-state index contributed by atoms with van der Waals surface area (Å²) in [4.78, 5) is 26.6. The van der Waals surface area contributed by atoms with E-state index in [1.807, 2.05) is 27.7 Å². The maximum atomic E-state index is 12.6. The molecule has 154 valence electrons. The molecule has 2 fully saturated rings. The Hall–Kier alpha value is -0.820. The molecule has 0 aromatic heterocycles. The van der Waals surface area contributed by atoms with Crippen LogP contribution in [0.5, 0.6) is 0 Å². The third kappa shape index (κ3) is 6.34. The molecule has 1 atom stereocenters. The second kappa shape index (κ2) is 9.59. The lowest BCUT2D eigenvalue weighted by Gasteiger charge is -2.38. The van der Waals surface area contributed by atoms with Crippen LogP contribution in [0.2, 0.25) is 0 Å². The summed E-state index contributed by atoms with van der Waals surface area (Å²) in [5, 5.41) is 0. The van der Waals surface area contributed by atoms with E-state index in [2.05, 4.69) is 6.58 Å². The molecule has 0 aromatic rings. The molecule has 2 aliphatic rings. The lowest BCUT2D eigenvalue weighted by molar-refractivity contribution is -0.143. The van der Waals surface area contributed by atoms with Crippen LogP contribution < -0.4 is 0 Å². The Kier molecular flexibility index (Phi) is 7.98. The van der Waals surface area contributed by atoms with Gasteiger partial charge < -0.3 is 14.4 Å². The molecule has 27 heavy (non-hydrogen) atoms. The first-order chi connectivity index (χ1) is 12.7. The molecule has 0 aliphatic carbocycles. The minimum atomic E-state index is -0.489. The number of amides is 1. The van der Waals surface area contributed by atoms with Gasteiger partial charge in [0.2, 0.25) is 0 Å². The highest BCUT2D eigenvalue weighted by Gasteiger charge is 2.43. The van der Waals surface area contributed by atoms with Gasteiger partial charge in [0.05, 0.1) is 6.61 Å². The molecule has 2 heterocycles. The molecule has 2 aliphatic heterocycles. The van der Waals surface area contributed by atoms with Crippen molar-refractivity contribution in [3.63, 3.8) is 0 Å². The number of thioether (sulfide) groups is 2. The highest BCUT2D eigenvalue weighted by molar-refractivity contribution is 8.19. The smallest absolute Gasteiger partial charge is 0.410 e. The van der Waals surface area contributed by atoms with Gasteiger partial charge in [0.15, 0.2) is 4.08 Å². The summed E-state index contributed by atoms with van der Waals surface area (Å²) in [6, 6.07) is 0. The number of rotatable bonds is 5. The Morgan fingerprint density at radius 1 is 1.30 bits per heavy atom. The van der Waals surface area contributed by atoms with Crippen LogP contribution in [0.3, 0.4) is 0 Å². The van der Waals surface area contributed by atoms with Crippen LogP contribution in [-0.2, 0) is 14.3 Å². The second-order valence-electron chi connectivity index (χ2n) is 8.11. The minimum absolute atomic E-state index is 0.0866. The number of carbonyl (C=O) groups excluding carboxylic acids is 2. The topological polar surface area (TPSA) is 55.8 Å². The maximum Gasteiger partial charge on any atom is 0.410 e. The minimum Gasteiger partial charge on any atom is -0.464 e. The third-order valence-electron chi connectivity index (χ3n) is 4.74. The molecular formula is C20H33NO4S2. The van der Waals surface area contributed by atoms with Gasteiger partial charge in [-0.1, -0.05) is 12.2 Å². The van der Waals surface area contributed by atoms with Crippen LogP contribution in [-0.4, -0.2) is 57.8 Å². The molecule has 0 radical (unpaired) electrons. The Labute approximate surface area is 172 Å². The average molecular weight is 416 g/mol. The number of likely N-dealkylation sites (tertiary alicyclic amines) is 1. The molecule has 2 rings (SSSR count). The number of hydrogen-bond donors (Lipinski definition) is 0. The SMILES string of the molecule is C=C1CN(C(=O)OC(C)(C)C)CCC1CCC1(C(=O)OCC)SCCCS1. The van der Waals surface area contributed by atoms with Gasteiger partial charge in [-0.3, -0.25) is 0 Å². The number of hydrogen-bond acceptors (Lipinski definition) is 6. The summed E-state index contributed by atoms with van der Waals surface area (Å²) in [7, 11) is 0. The maximum absolute atomic E-state index is 12.6. The van der Waals surface area contributed by atoms with Crippen LogP contribution in [0, 0.1) is 5.92 Å². The fraction of sp³-hybridized carbons (Fsp3) is 0.800. The van der Waals surface area contributed by atoms with Gasteiger partial charge in [-0.15, -0.1) is 23.5 Å². The van der Waals surface area contributed by atoms with E-state index in [-0.39, 0.29) is 12.1 Å². The number of piperidine rings is 1. The van der Waals surface area contributed by atoms with Crippen molar-refractivity contribution in [2.24, 2.45) is 5.92 Å². The molecule has 0 bridgehead atoms. The van der Waals surface area contributed by atoms with Gasteiger partial charge in [0.1, 0.15) is 5.60 Å². The Morgan fingerprint density at radius 2 is 1.96 bits per heavy atom. The molecule has 5 nitrogen and oxygen atoms in total. The Balaban J connectivity index is 1.91. The predicted molar refractivity (Wildman–Crippen MR) is 113 cm³/mol. The van der Waals surface area contributed by atoms with E-state index in [9.17, 15) is 9.59 Å². The number of esters is 1. The Morgan fingerprint density at radius 3 is 2.52 bits per heavy atom. The van der Waals surface area contributed by atoms with Crippen LogP contribution in [0.4, 0.5) is 4.79 Å². The van der Waals surface area contributed by atoms with Crippen LogP contribution in [0.15, 0.2) is 12.2 Å². The van der Waals surface area contributed by atoms with Crippen LogP contribution in [0.25, 0.3) is 0 Å². The summed E-state index contributed by atoms with van der Waals surface area (Å²) in [6.07, 6.45) is 3.42. The van der Waals surface area contributed by atoms with E-state index in [1.165, 1.54) is 0 Å². The molecule has 1 unspecified atom stereocenters. The number of ether oxygens (including phenoxy) is 2. The van der Waals surface area contributed by atoms with Crippen molar-refractivity contribution >= 4 is 35.6 Å². The quantitative estimate of drug-likeness (QED) is 0.479. The summed E-state index contributed by atoms with van der Waals surface area (Å²) < 4.78 is 10.4. The number of nitrogens with zero attached hydrogens (tertiary/aromatic N) is 1. The third-order valence-corrected chi connectivity index (χ3v) is 8.10. The summed E-state index contributed by atoms with van der Waals surface area (Å²) in [5.74, 6) is 2.25. The summed E-state index contributed by atoms with van der Waals surface area (Å²) in [5.41, 5.74) is 0.563. The van der Waals surface area contributed by atoms with Crippen molar-refractivity contribution < 1.29 is 19.1 Å². The van der Waals surface area contributed by atoms with Crippen molar-refractivity contribution in [1.29, 1.82) is 0 Å². The molecule has 0 spiro atoms. The molecule has 0 saturated carbocycles. The first-order valence-electron chi connectivity index (χ1n) is 9.77. The molecule has 0 N–H and O–H groups in total. The van der Waals surface area contributed by atoms with E-state index in [1.54, 1.807) is 28.4 Å². The van der Waals surface area contributed by atoms with E-state index >= 15 is 0 Å². The second-order valence-corrected chi connectivity index (χ2v) is 11.2. The van der Waals surface area contributed by atoms with E-state index in [0.29, 0.717) is 25.6 Å². The molecule has 7 heteroatoms. The summed E-state index contributed by atoms with van der Waals surface area (Å²) >= 11 is 3.47. The first-order valence-corrected chi connectivity index (χ1v) is 11.7. The Bertz CT molecular complexity index is 553. The van der Waals surface area contributed by atoms with Crippen molar-refractivity contribution in [3.05, 3.63) is 12.2 Å². The van der Waals surface area contributed by atoms with Gasteiger partial charge in [-0.25, -0.2) is 9.59 Å². The predicted octanol–water partition coefficient (Wildman–Crippen LogP) is 4.71. The van der Waals surface area contributed by atoms with Gasteiger partial charge in [0.25, 0.3) is 0 Å². The van der Waals surface area contributed by atoms with Gasteiger partial charge >= 0.3 is 12.1 Å². The van der Waals surface area contributed by atoms with E-state index in [4.69, 9.17) is 9.47 Å². The van der Waals surface area contributed by atoms with Crippen LogP contribution >= 0.6 is 23.5 Å². The zero-order valence-electron chi connectivity index (χ0n) is 17.0. The highest BCUT2D eigenvalue weighted by atomic mass is 32.2. The molecule has 1 amide bonds. The van der Waals surface area contributed by atoms with Gasteiger partial charge in [-0.2, -0.15) is 0 Å². The fourth-order valence-corrected chi connectivity index (χ4v) is 6.47. The van der Waals surface area contributed by atoms with E-state index in [0.717, 1.165) is 42.8 Å². The monoisotopic (exact) mass is 415 g/mol. The zero-order valence-corrected chi connectivity index (χ0v) is 18.7. The lowest BCUT2D eigenvalue weighted by atomic mass is 9.88. The highest BCUT2D eigenvalue weighted by Crippen LogP contribution is 2.47. The fourth-order valence-electron chi connectivity index (χ4n) is 3.34. The standard InChI is InChI=1S/C20H33NO4S2/c1-6-24-17(22)20(26-12-7-13-27-20)10-8-16-9-11-21(14-15(16)2)18(23)25-19(3,4)5/h16H,2,6-14H2,1,3-5H3. The normalized spacial score (nSPS) is 23.0. The van der Waals surface area contributed by atoms with Crippen molar-refractivity contribution in [2.45, 2.75) is 63.1 Å². The van der Waals surface area contributed by atoms with Crippen molar-refractivity contribution in [3.8, 4) is 0 Å². The van der Waals surface area contributed by atoms with E-state index < -0.39 is 9.68 Å². The zero-order chi connectivity index (χ0) is 20.1. The number of carbonyl (C=O) groups is 2. The van der Waals surface area contributed by atoms with Crippen molar-refractivity contribution in [2.75, 3.05) is 31.2 Å². The lowest BCUT2D eigenvalue weighted by Crippen LogP contribution is -2.43. The van der Waals surface area contributed by atoms with Gasteiger partial charge in [0, 0.05) is 13.1 Å². The first kappa shape index (κ1) is 22.5. The average Bonchev–Trinajstić information content (AvgIpc) is 2.60. The van der Waals surface area contributed by atoms with Crippen molar-refractivity contribution in [1.82, 2.24) is 4.90 Å². The summed E-state index contributed by atoms with van der Waals surface area (Å²) in [6.45, 7) is 13.3. The molecular weight excluding hydrogens is 382 g/mol. The largest absolute Gasteiger partial charge is 0.464 e. The van der Waals surface area contributed by atoms with Gasteiger partial charge in [-0.05, 0) is 70.8 Å². The molecule has 2 saturated heterocycles. The molecule has 0 aromatic carbocycles. The van der Waals surface area contributed by atoms with Crippen LogP contribution in [0.1, 0.15) is 53.4 Å².